The molecule has 1 N–H and O–H groups in total. The zero-order chi connectivity index (χ0) is 13.7. The second-order valence-electron chi connectivity index (χ2n) is 4.01. The van der Waals surface area contributed by atoms with Gasteiger partial charge in [-0.3, -0.25) is 10.1 Å². The highest BCUT2D eigenvalue weighted by Crippen LogP contribution is 2.04. The van der Waals surface area contributed by atoms with Crippen molar-refractivity contribution in [2.75, 3.05) is 0 Å². The maximum Gasteiger partial charge on any atom is 0.305 e. The average Bonchev–Trinajstić information content (AvgIpc) is 2.67. The molecule has 1 heterocycles. The van der Waals surface area contributed by atoms with Gasteiger partial charge in [0.25, 0.3) is 0 Å². The van der Waals surface area contributed by atoms with E-state index in [1.807, 2.05) is 0 Å². The van der Waals surface area contributed by atoms with Crippen molar-refractivity contribution in [1.29, 1.82) is 0 Å². The number of imidazole rings is 1. The van der Waals surface area contributed by atoms with Crippen molar-refractivity contribution < 1.29 is 31.8 Å². The van der Waals surface area contributed by atoms with Crippen LogP contribution in [0.3, 0.4) is 0 Å². The molecule has 1 aromatic heterocycles. The Bertz CT molecular complexity index is 449. The number of hydrogen-bond acceptors (Lipinski definition) is 5. The molecule has 1 rings (SSSR count). The molecule has 108 valence electrons. The minimum absolute atomic E-state index is 0. The third-order valence-electron chi connectivity index (χ3n) is 2.79. The third kappa shape index (κ3) is 4.49. The Morgan fingerprint density at radius 2 is 2.32 bits per heavy atom. The van der Waals surface area contributed by atoms with Crippen LogP contribution in [0.4, 0.5) is 0 Å². The van der Waals surface area contributed by atoms with E-state index in [0.717, 1.165) is 0 Å². The van der Waals surface area contributed by atoms with Crippen molar-refractivity contribution in [3.63, 3.8) is 0 Å². The van der Waals surface area contributed by atoms with Crippen LogP contribution in [0, 0.1) is 10.1 Å². The highest BCUT2D eigenvalue weighted by molar-refractivity contribution is 5.72. The molecular formula is C10H17ClN4O4. The Labute approximate surface area is 116 Å². The van der Waals surface area contributed by atoms with Gasteiger partial charge in [0.05, 0.1) is 7.05 Å². The van der Waals surface area contributed by atoms with E-state index in [0.29, 0.717) is 5.82 Å². The molecule has 0 saturated heterocycles. The first-order valence-electron chi connectivity index (χ1n) is 5.44. The maximum atomic E-state index is 10.6. The van der Waals surface area contributed by atoms with Crippen LogP contribution < -0.4 is 17.0 Å². The lowest BCUT2D eigenvalue weighted by Gasteiger charge is -2.12. The van der Waals surface area contributed by atoms with Crippen molar-refractivity contribution in [1.82, 2.24) is 4.57 Å². The van der Waals surface area contributed by atoms with Crippen LogP contribution in [0.15, 0.2) is 17.5 Å². The van der Waals surface area contributed by atoms with Gasteiger partial charge < -0.3 is 22.4 Å². The molecule has 0 aliphatic rings. The summed E-state index contributed by atoms with van der Waals surface area (Å²) in [6, 6.07) is -0.774. The number of ether oxygens (including phenoxy) is 1. The Hall–Kier alpha value is -1.67. The molecule has 0 aromatic carbocycles. The van der Waals surface area contributed by atoms with Crippen LogP contribution in [-0.4, -0.2) is 33.1 Å². The largest absolute Gasteiger partial charge is 1.00 e. The summed E-state index contributed by atoms with van der Waals surface area (Å²) in [5.74, 6) is 0.624. The molecule has 2 atom stereocenters. The summed E-state index contributed by atoms with van der Waals surface area (Å²) in [4.78, 5) is 10.2. The average molecular weight is 293 g/mol. The highest BCUT2D eigenvalue weighted by Gasteiger charge is 2.24. The number of rotatable bonds is 6. The lowest BCUT2D eigenvalue weighted by atomic mass is 10.2. The smallest absolute Gasteiger partial charge is 0.305 e. The molecule has 0 amide bonds. The minimum atomic E-state index is -0.774. The summed E-state index contributed by atoms with van der Waals surface area (Å²) < 4.78 is 8.84. The van der Waals surface area contributed by atoms with E-state index < -0.39 is 12.1 Å². The lowest BCUT2D eigenvalue weighted by Crippen LogP contribution is -3.00. The minimum Gasteiger partial charge on any atom is -1.00 e. The van der Waals surface area contributed by atoms with Crippen LogP contribution in [0.25, 0.3) is 0 Å². The second kappa shape index (κ2) is 7.70. The fraction of sp³-hybridized carbons (Fsp3) is 0.600. The summed E-state index contributed by atoms with van der Waals surface area (Å²) in [6.07, 6.45) is 4.26. The first-order valence-corrected chi connectivity index (χ1v) is 5.44. The topological polar surface area (TPSA) is 93.8 Å². The predicted octanol–water partition coefficient (Wildman–Crippen LogP) is -2.85. The van der Waals surface area contributed by atoms with Crippen LogP contribution in [0.5, 0.6) is 0 Å². The molecular weight excluding hydrogens is 276 g/mol. The quantitative estimate of drug-likeness (QED) is 0.201. The summed E-state index contributed by atoms with van der Waals surface area (Å²) >= 11 is 0. The van der Waals surface area contributed by atoms with Crippen LogP contribution in [0.2, 0.25) is 0 Å². The fourth-order valence-electron chi connectivity index (χ4n) is 1.37. The predicted molar refractivity (Wildman–Crippen MR) is 62.0 cm³/mol. The van der Waals surface area contributed by atoms with Gasteiger partial charge in [0.1, 0.15) is 18.5 Å². The summed E-state index contributed by atoms with van der Waals surface area (Å²) in [6.45, 7) is 3.30. The Kier molecular flexibility index (Phi) is 7.02. The molecule has 0 bridgehead atoms. The monoisotopic (exact) mass is 292 g/mol. The summed E-state index contributed by atoms with van der Waals surface area (Å²) in [5.41, 5.74) is 0. The van der Waals surface area contributed by atoms with Gasteiger partial charge in [0.2, 0.25) is 6.04 Å². The fourth-order valence-corrected chi connectivity index (χ4v) is 1.37. The number of oxime groups is 1. The molecule has 2 unspecified atom stereocenters. The Morgan fingerprint density at radius 3 is 2.84 bits per heavy atom. The van der Waals surface area contributed by atoms with Crippen molar-refractivity contribution in [2.45, 2.75) is 32.7 Å². The van der Waals surface area contributed by atoms with Crippen molar-refractivity contribution in [3.05, 3.63) is 28.3 Å². The van der Waals surface area contributed by atoms with Crippen LogP contribution in [0.1, 0.15) is 19.7 Å². The van der Waals surface area contributed by atoms with Crippen molar-refractivity contribution >= 4 is 6.21 Å². The normalized spacial score (nSPS) is 14.1. The molecule has 0 spiro atoms. The van der Waals surface area contributed by atoms with Gasteiger partial charge in [-0.1, -0.05) is 5.16 Å². The number of aromatic nitrogens is 2. The van der Waals surface area contributed by atoms with Crippen LogP contribution >= 0.6 is 0 Å². The SMILES string of the molecule is CC(OCn1cc[n+](C)c1/C=N/O)C(C)[N+](=O)[O-].[Cl-]. The number of halogens is 1. The summed E-state index contributed by atoms with van der Waals surface area (Å²) in [7, 11) is 1.79. The molecule has 8 nitrogen and oxygen atoms in total. The number of nitrogens with zero attached hydrogens (tertiary/aromatic N) is 4. The number of nitro groups is 1. The van der Waals surface area contributed by atoms with E-state index in [-0.39, 0.29) is 24.1 Å². The standard InChI is InChI=1S/C10H16N4O4.ClH/c1-8(14(16)17)9(2)18-7-13-5-4-12(3)10(13)6-11-15;/h4-6,8-9H,7H2,1-3H3;1H. The van der Waals surface area contributed by atoms with Gasteiger partial charge in [-0.05, 0) is 6.92 Å². The van der Waals surface area contributed by atoms with E-state index in [4.69, 9.17) is 9.94 Å². The van der Waals surface area contributed by atoms with E-state index in [2.05, 4.69) is 5.16 Å². The van der Waals surface area contributed by atoms with E-state index in [1.165, 1.54) is 13.1 Å². The van der Waals surface area contributed by atoms with E-state index >= 15 is 0 Å². The zero-order valence-corrected chi connectivity index (χ0v) is 11.7. The van der Waals surface area contributed by atoms with E-state index in [9.17, 15) is 10.1 Å². The van der Waals surface area contributed by atoms with Gasteiger partial charge in [0, 0.05) is 11.8 Å². The van der Waals surface area contributed by atoms with Crippen LogP contribution in [-0.2, 0) is 18.5 Å². The lowest BCUT2D eigenvalue weighted by molar-refractivity contribution is -0.672. The molecule has 0 aliphatic heterocycles. The molecule has 9 heteroatoms. The zero-order valence-electron chi connectivity index (χ0n) is 10.9. The Balaban J connectivity index is 0.00000324. The highest BCUT2D eigenvalue weighted by atomic mass is 35.5. The molecule has 1 aromatic rings. The molecule has 0 aliphatic carbocycles. The molecule has 0 radical (unpaired) electrons. The molecule has 0 saturated carbocycles. The molecule has 0 fully saturated rings. The number of hydrogen-bond donors (Lipinski definition) is 1. The van der Waals surface area contributed by atoms with Gasteiger partial charge in [-0.2, -0.15) is 0 Å². The van der Waals surface area contributed by atoms with Gasteiger partial charge in [0.15, 0.2) is 12.9 Å². The Morgan fingerprint density at radius 1 is 1.68 bits per heavy atom. The third-order valence-corrected chi connectivity index (χ3v) is 2.79. The van der Waals surface area contributed by atoms with Crippen molar-refractivity contribution in [2.24, 2.45) is 12.2 Å². The van der Waals surface area contributed by atoms with Gasteiger partial charge in [-0.15, -0.1) is 0 Å². The van der Waals surface area contributed by atoms with Gasteiger partial charge >= 0.3 is 5.82 Å². The van der Waals surface area contributed by atoms with Gasteiger partial charge in [-0.25, -0.2) is 9.13 Å². The van der Waals surface area contributed by atoms with E-state index in [1.54, 1.807) is 35.5 Å². The summed E-state index contributed by atoms with van der Waals surface area (Å²) in [5, 5.41) is 22.1. The van der Waals surface area contributed by atoms with Crippen molar-refractivity contribution in [3.8, 4) is 0 Å². The first kappa shape index (κ1) is 17.3. The number of aryl methyl sites for hydroxylation is 1. The molecule has 19 heavy (non-hydrogen) atoms. The second-order valence-corrected chi connectivity index (χ2v) is 4.01. The first-order chi connectivity index (χ1) is 8.47. The maximum absolute atomic E-state index is 10.6.